The number of thiazole rings is 1. The van der Waals surface area contributed by atoms with Gasteiger partial charge in [0.25, 0.3) is 0 Å². The first-order valence-corrected chi connectivity index (χ1v) is 7.30. The molecule has 0 aliphatic heterocycles. The van der Waals surface area contributed by atoms with E-state index in [1.807, 2.05) is 36.3 Å². The zero-order valence-corrected chi connectivity index (χ0v) is 11.6. The van der Waals surface area contributed by atoms with Crippen LogP contribution in [-0.4, -0.2) is 21.1 Å². The average molecular weight is 264 g/mol. The van der Waals surface area contributed by atoms with Crippen molar-refractivity contribution >= 4 is 11.3 Å². The zero-order valence-electron chi connectivity index (χ0n) is 10.8. The number of hydrogen-bond donors (Lipinski definition) is 1. The molecule has 2 aromatic heterocycles. The van der Waals surface area contributed by atoms with Gasteiger partial charge in [-0.15, -0.1) is 11.3 Å². The van der Waals surface area contributed by atoms with E-state index in [1.165, 1.54) is 22.7 Å². The van der Waals surface area contributed by atoms with E-state index in [0.29, 0.717) is 0 Å². The molecule has 0 bridgehead atoms. The van der Waals surface area contributed by atoms with E-state index in [1.54, 1.807) is 0 Å². The maximum atomic E-state index is 4.35. The van der Waals surface area contributed by atoms with Crippen LogP contribution in [0.1, 0.15) is 29.7 Å². The molecule has 2 rings (SSSR count). The lowest BCUT2D eigenvalue weighted by Gasteiger charge is -2.03. The Balaban J connectivity index is 1.53. The lowest BCUT2D eigenvalue weighted by molar-refractivity contribution is 0.569. The first-order chi connectivity index (χ1) is 8.88. The van der Waals surface area contributed by atoms with Crippen molar-refractivity contribution in [3.05, 3.63) is 34.8 Å². The highest BCUT2D eigenvalue weighted by atomic mass is 32.1. The quantitative estimate of drug-likeness (QED) is 0.745. The maximum absolute atomic E-state index is 4.35. The highest BCUT2D eigenvalue weighted by Gasteiger charge is 1.99. The van der Waals surface area contributed by atoms with Crippen LogP contribution in [0.15, 0.2) is 24.9 Å². The molecule has 18 heavy (non-hydrogen) atoms. The van der Waals surface area contributed by atoms with Gasteiger partial charge in [0, 0.05) is 36.6 Å². The van der Waals surface area contributed by atoms with E-state index in [0.717, 1.165) is 26.1 Å². The van der Waals surface area contributed by atoms with Crippen LogP contribution in [0.5, 0.6) is 0 Å². The molecule has 0 saturated heterocycles. The van der Waals surface area contributed by atoms with Crippen molar-refractivity contribution in [3.8, 4) is 0 Å². The van der Waals surface area contributed by atoms with Crippen molar-refractivity contribution in [2.24, 2.45) is 0 Å². The monoisotopic (exact) mass is 264 g/mol. The summed E-state index contributed by atoms with van der Waals surface area (Å²) in [7, 11) is 0. The van der Waals surface area contributed by atoms with E-state index in [-0.39, 0.29) is 0 Å². The Hall–Kier alpha value is -1.20. The van der Waals surface area contributed by atoms with Gasteiger partial charge in [-0.3, -0.25) is 0 Å². The molecule has 0 aliphatic carbocycles. The summed E-state index contributed by atoms with van der Waals surface area (Å²) in [5.41, 5.74) is 0. The van der Waals surface area contributed by atoms with Gasteiger partial charge in [0.15, 0.2) is 0 Å². The van der Waals surface area contributed by atoms with Gasteiger partial charge in [0.1, 0.15) is 0 Å². The summed E-state index contributed by atoms with van der Waals surface area (Å²) in [6.45, 7) is 5.21. The molecule has 0 atom stereocenters. The normalized spacial score (nSPS) is 10.9. The summed E-state index contributed by atoms with van der Waals surface area (Å²) in [6, 6.07) is 0. The molecule has 2 aromatic rings. The molecule has 0 fully saturated rings. The van der Waals surface area contributed by atoms with Crippen molar-refractivity contribution in [1.82, 2.24) is 19.9 Å². The third-order valence-electron chi connectivity index (χ3n) is 2.78. The van der Waals surface area contributed by atoms with E-state index < -0.39 is 0 Å². The molecule has 0 radical (unpaired) electrons. The second kappa shape index (κ2) is 7.28. The number of hydrogen-bond acceptors (Lipinski definition) is 4. The summed E-state index contributed by atoms with van der Waals surface area (Å²) in [5, 5.41) is 4.69. The number of unbranched alkanes of at least 4 members (excludes halogenated alkanes) is 1. The third-order valence-corrected chi connectivity index (χ3v) is 3.92. The highest BCUT2D eigenvalue weighted by Crippen LogP contribution is 2.12. The Labute approximate surface area is 112 Å². The number of nitrogens with one attached hydrogen (secondary N) is 1. The molecule has 2 heterocycles. The fourth-order valence-electron chi connectivity index (χ4n) is 1.77. The summed E-state index contributed by atoms with van der Waals surface area (Å²) in [6.07, 6.45) is 11.1. The molecule has 0 saturated carbocycles. The third kappa shape index (κ3) is 4.23. The lowest BCUT2D eigenvalue weighted by atomic mass is 10.3. The van der Waals surface area contributed by atoms with Crippen LogP contribution in [-0.2, 0) is 19.5 Å². The van der Waals surface area contributed by atoms with Crippen LogP contribution < -0.4 is 5.32 Å². The van der Waals surface area contributed by atoms with Gasteiger partial charge in [0.05, 0.1) is 11.3 Å². The van der Waals surface area contributed by atoms with Gasteiger partial charge in [-0.2, -0.15) is 0 Å². The van der Waals surface area contributed by atoms with Crippen molar-refractivity contribution in [2.45, 2.75) is 39.3 Å². The van der Waals surface area contributed by atoms with Gasteiger partial charge in [-0.05, 0) is 25.8 Å². The standard InChI is InChI=1S/C13H20N4S/c1-2-13-16-10-12(18-13)9-14-5-3-4-7-17-8-6-15-11-17/h6,8,10-11,14H,2-5,7,9H2,1H3. The average Bonchev–Trinajstić information content (AvgIpc) is 3.04. The van der Waals surface area contributed by atoms with Crippen LogP contribution in [0.3, 0.4) is 0 Å². The molecular formula is C13H20N4S. The van der Waals surface area contributed by atoms with Crippen LogP contribution in [0.4, 0.5) is 0 Å². The lowest BCUT2D eigenvalue weighted by Crippen LogP contribution is -2.14. The van der Waals surface area contributed by atoms with Crippen LogP contribution in [0, 0.1) is 0 Å². The fourth-order valence-corrected chi connectivity index (χ4v) is 2.60. The maximum Gasteiger partial charge on any atom is 0.0945 e. The van der Waals surface area contributed by atoms with Crippen molar-refractivity contribution in [1.29, 1.82) is 0 Å². The molecule has 0 amide bonds. The van der Waals surface area contributed by atoms with Gasteiger partial charge in [0.2, 0.25) is 0 Å². The van der Waals surface area contributed by atoms with Gasteiger partial charge >= 0.3 is 0 Å². The summed E-state index contributed by atoms with van der Waals surface area (Å²) in [4.78, 5) is 9.72. The Bertz CT molecular complexity index is 436. The molecule has 0 aliphatic rings. The molecule has 5 heteroatoms. The van der Waals surface area contributed by atoms with Crippen LogP contribution in [0.2, 0.25) is 0 Å². The minimum atomic E-state index is 0.947. The second-order valence-electron chi connectivity index (χ2n) is 4.26. The summed E-state index contributed by atoms with van der Waals surface area (Å²) < 4.78 is 2.12. The Morgan fingerprint density at radius 3 is 3.06 bits per heavy atom. The van der Waals surface area contributed by atoms with E-state index in [2.05, 4.69) is 26.8 Å². The fraction of sp³-hybridized carbons (Fsp3) is 0.538. The van der Waals surface area contributed by atoms with Crippen molar-refractivity contribution in [3.63, 3.8) is 0 Å². The number of imidazole rings is 1. The zero-order chi connectivity index (χ0) is 12.6. The molecular weight excluding hydrogens is 244 g/mol. The van der Waals surface area contributed by atoms with Gasteiger partial charge in [-0.25, -0.2) is 9.97 Å². The predicted molar refractivity (Wildman–Crippen MR) is 74.7 cm³/mol. The summed E-state index contributed by atoms with van der Waals surface area (Å²) in [5.74, 6) is 0. The second-order valence-corrected chi connectivity index (χ2v) is 5.46. The Morgan fingerprint density at radius 1 is 1.39 bits per heavy atom. The van der Waals surface area contributed by atoms with E-state index >= 15 is 0 Å². The number of aryl methyl sites for hydroxylation is 2. The molecule has 1 N–H and O–H groups in total. The number of rotatable bonds is 8. The Morgan fingerprint density at radius 2 is 2.33 bits per heavy atom. The van der Waals surface area contributed by atoms with E-state index in [9.17, 15) is 0 Å². The van der Waals surface area contributed by atoms with Crippen LogP contribution in [0.25, 0.3) is 0 Å². The predicted octanol–water partition coefficient (Wildman–Crippen LogP) is 2.47. The molecule has 0 unspecified atom stereocenters. The minimum absolute atomic E-state index is 0.947. The smallest absolute Gasteiger partial charge is 0.0945 e. The first kappa shape index (κ1) is 13.2. The van der Waals surface area contributed by atoms with E-state index in [4.69, 9.17) is 0 Å². The van der Waals surface area contributed by atoms with Gasteiger partial charge in [-0.1, -0.05) is 6.92 Å². The number of aromatic nitrogens is 3. The molecule has 4 nitrogen and oxygen atoms in total. The van der Waals surface area contributed by atoms with Crippen molar-refractivity contribution < 1.29 is 0 Å². The summed E-state index contributed by atoms with van der Waals surface area (Å²) >= 11 is 1.81. The molecule has 0 aromatic carbocycles. The SMILES string of the molecule is CCc1ncc(CNCCCCn2ccnc2)s1. The molecule has 0 spiro atoms. The largest absolute Gasteiger partial charge is 0.337 e. The first-order valence-electron chi connectivity index (χ1n) is 6.48. The molecule has 98 valence electrons. The minimum Gasteiger partial charge on any atom is -0.337 e. The van der Waals surface area contributed by atoms with Crippen molar-refractivity contribution in [2.75, 3.05) is 6.54 Å². The van der Waals surface area contributed by atoms with Crippen LogP contribution >= 0.6 is 11.3 Å². The Kier molecular flexibility index (Phi) is 5.36. The topological polar surface area (TPSA) is 42.7 Å². The highest BCUT2D eigenvalue weighted by molar-refractivity contribution is 7.11. The van der Waals surface area contributed by atoms with Gasteiger partial charge < -0.3 is 9.88 Å². The number of nitrogens with zero attached hydrogens (tertiary/aromatic N) is 3.